The minimum atomic E-state index is -1.02. The van der Waals surface area contributed by atoms with Crippen molar-refractivity contribution in [3.05, 3.63) is 35.4 Å². The normalized spacial score (nSPS) is 15.3. The summed E-state index contributed by atoms with van der Waals surface area (Å²) in [6, 6.07) is 8.42. The Balaban J connectivity index is 0.000000675. The van der Waals surface area contributed by atoms with Gasteiger partial charge in [0.05, 0.1) is 39.4 Å². The molecule has 17 heteroatoms. The maximum Gasteiger partial charge on any atom is 0.317 e. The second kappa shape index (κ2) is 30.9. The Labute approximate surface area is 389 Å². The first-order chi connectivity index (χ1) is 30.4. The molecule has 17 nitrogen and oxygen atoms in total. The first kappa shape index (κ1) is 58.9. The van der Waals surface area contributed by atoms with Gasteiger partial charge in [-0.25, -0.2) is 0 Å². The van der Waals surface area contributed by atoms with Gasteiger partial charge >= 0.3 is 23.9 Å². The number of carbonyl (C=O) groups excluding carboxylic acids is 2. The lowest BCUT2D eigenvalue weighted by Crippen LogP contribution is -2.49. The van der Waals surface area contributed by atoms with E-state index in [2.05, 4.69) is 79.7 Å². The Morgan fingerprint density at radius 1 is 0.585 bits per heavy atom. The molecule has 1 aliphatic heterocycles. The summed E-state index contributed by atoms with van der Waals surface area (Å²) in [4.78, 5) is 80.5. The summed E-state index contributed by atoms with van der Waals surface area (Å²) in [6.45, 7) is 24.8. The van der Waals surface area contributed by atoms with Crippen LogP contribution in [-0.2, 0) is 39.9 Å². The van der Waals surface area contributed by atoms with Crippen molar-refractivity contribution in [3.63, 3.8) is 0 Å². The average Bonchev–Trinajstić information content (AvgIpc) is 3.20. The van der Waals surface area contributed by atoms with Gasteiger partial charge in [-0.15, -0.1) is 0 Å². The van der Waals surface area contributed by atoms with Crippen molar-refractivity contribution in [1.82, 2.24) is 29.4 Å². The van der Waals surface area contributed by atoms with Crippen molar-refractivity contribution in [1.29, 1.82) is 0 Å². The van der Waals surface area contributed by atoms with E-state index >= 15 is 0 Å². The zero-order valence-corrected chi connectivity index (χ0v) is 41.2. The van der Waals surface area contributed by atoms with E-state index in [4.69, 9.17) is 25.2 Å². The van der Waals surface area contributed by atoms with Gasteiger partial charge in [-0.2, -0.15) is 0 Å². The molecule has 0 atom stereocenters. The molecule has 0 aromatic heterocycles. The van der Waals surface area contributed by atoms with Crippen molar-refractivity contribution in [2.24, 2.45) is 16.7 Å². The second-order valence-corrected chi connectivity index (χ2v) is 19.4. The third kappa shape index (κ3) is 28.5. The fourth-order valence-electron chi connectivity index (χ4n) is 7.61. The van der Waals surface area contributed by atoms with Crippen LogP contribution in [0.4, 0.5) is 0 Å². The lowest BCUT2D eigenvalue weighted by molar-refractivity contribution is -0.141. The number of nitrogens with zero attached hydrogens (tertiary/aromatic N) is 6. The lowest BCUT2D eigenvalue weighted by Gasteiger charge is -2.35. The van der Waals surface area contributed by atoms with Crippen molar-refractivity contribution in [2.75, 3.05) is 118 Å². The van der Waals surface area contributed by atoms with E-state index < -0.39 is 23.9 Å². The van der Waals surface area contributed by atoms with Gasteiger partial charge in [-0.3, -0.25) is 48.4 Å². The van der Waals surface area contributed by atoms with E-state index in [9.17, 15) is 28.8 Å². The number of rotatable bonds is 26. The topological polar surface area (TPSA) is 212 Å². The van der Waals surface area contributed by atoms with E-state index in [1.54, 1.807) is 19.6 Å². The van der Waals surface area contributed by atoms with Crippen LogP contribution in [0, 0.1) is 23.7 Å². The van der Waals surface area contributed by atoms with E-state index in [1.165, 1.54) is 17.5 Å². The quantitative estimate of drug-likeness (QED) is 0.0946. The van der Waals surface area contributed by atoms with E-state index in [0.717, 1.165) is 25.8 Å². The average molecular weight is 921 g/mol. The molecular formula is C48H84N6O11. The fraction of sp³-hybridized carbons (Fsp3) is 0.750. The molecule has 65 heavy (non-hydrogen) atoms. The van der Waals surface area contributed by atoms with Gasteiger partial charge < -0.3 is 35.0 Å². The number of hydrogen-bond acceptors (Lipinski definition) is 11. The molecule has 1 saturated heterocycles. The van der Waals surface area contributed by atoms with Crippen LogP contribution in [0.1, 0.15) is 98.6 Å². The maximum atomic E-state index is 12.9. The zero-order chi connectivity index (χ0) is 49.2. The van der Waals surface area contributed by atoms with E-state index in [1.807, 2.05) is 16.7 Å². The number of hydrogen-bond donors (Lipinski definition) is 4. The van der Waals surface area contributed by atoms with Gasteiger partial charge in [0.15, 0.2) is 0 Å². The number of carbonyl (C=O) groups is 6. The number of carboxylic acids is 4. The lowest BCUT2D eigenvalue weighted by atomic mass is 9.92. The number of aryl methyl sites for hydroxylation is 2. The van der Waals surface area contributed by atoms with Crippen LogP contribution in [0.5, 0.6) is 0 Å². The van der Waals surface area contributed by atoms with Gasteiger partial charge in [0, 0.05) is 102 Å². The standard InChI is InChI=1S/C32H56N2O3.C16H28N4O8/c1-10-33(29(35)15-13-12-14-26(3)4)22-31(6,7)24-37-25-32(8,9)23-34(11-2)30(36)21-20-28-18-16-27(5)17-19-28;21-13(22)9-17-1-2-18(10-14(23)24)5-6-20(12-16(27)28)8-7-19(4-3-17)11-15(25)26/h16-19,26H,10-15,20-25H2,1-9H3;1-12H2,(H,21,22)(H,23,24)(H,25,26)(H,27,28). The smallest absolute Gasteiger partial charge is 0.317 e. The number of aliphatic carboxylic acids is 4. The molecule has 4 N–H and O–H groups in total. The van der Waals surface area contributed by atoms with Gasteiger partial charge in [-0.1, -0.05) is 84.2 Å². The summed E-state index contributed by atoms with van der Waals surface area (Å²) in [5.41, 5.74) is 2.16. The Morgan fingerprint density at radius 3 is 1.23 bits per heavy atom. The van der Waals surface area contributed by atoms with Crippen LogP contribution >= 0.6 is 0 Å². The van der Waals surface area contributed by atoms with Crippen molar-refractivity contribution in [2.45, 2.75) is 101 Å². The Bertz CT molecular complexity index is 1480. The molecule has 0 saturated carbocycles. The molecule has 372 valence electrons. The van der Waals surface area contributed by atoms with Crippen LogP contribution in [0.3, 0.4) is 0 Å². The monoisotopic (exact) mass is 921 g/mol. The third-order valence-corrected chi connectivity index (χ3v) is 11.2. The molecule has 0 spiro atoms. The van der Waals surface area contributed by atoms with Gasteiger partial charge in [0.2, 0.25) is 11.8 Å². The molecule has 1 aromatic carbocycles. The van der Waals surface area contributed by atoms with Gasteiger partial charge in [-0.05, 0) is 45.1 Å². The van der Waals surface area contributed by atoms with E-state index in [0.29, 0.717) is 104 Å². The van der Waals surface area contributed by atoms with Crippen molar-refractivity contribution in [3.8, 4) is 0 Å². The molecule has 2 rings (SSSR count). The molecule has 2 amide bonds. The summed E-state index contributed by atoms with van der Waals surface area (Å²) in [7, 11) is 0. The third-order valence-electron chi connectivity index (χ3n) is 11.2. The van der Waals surface area contributed by atoms with Crippen molar-refractivity contribution >= 4 is 35.7 Å². The maximum absolute atomic E-state index is 12.9. The molecule has 0 aliphatic carbocycles. The molecule has 0 unspecified atom stereocenters. The Hall–Kier alpha value is -4.16. The molecule has 1 aliphatic rings. The summed E-state index contributed by atoms with van der Waals surface area (Å²) >= 11 is 0. The molecule has 1 aromatic rings. The highest BCUT2D eigenvalue weighted by molar-refractivity contribution is 5.77. The van der Waals surface area contributed by atoms with Crippen LogP contribution in [-0.4, -0.2) is 203 Å². The highest BCUT2D eigenvalue weighted by Crippen LogP contribution is 2.23. The minimum absolute atomic E-state index is 0.131. The molecule has 1 heterocycles. The molecule has 1 fully saturated rings. The molecule has 0 bridgehead atoms. The highest BCUT2D eigenvalue weighted by Gasteiger charge is 2.29. The zero-order valence-electron chi connectivity index (χ0n) is 41.2. The SMILES string of the molecule is CCN(CC(C)(C)COCC(C)(C)CN(CC)C(=O)CCc1ccc(C)cc1)C(=O)CCCCC(C)C.O=C(O)CN1CCN(CC(=O)O)CCN(CC(=O)O)CCN(CC(=O)O)CC1. The van der Waals surface area contributed by atoms with Crippen LogP contribution in [0.25, 0.3) is 0 Å². The Morgan fingerprint density at radius 2 is 0.923 bits per heavy atom. The summed E-state index contributed by atoms with van der Waals surface area (Å²) in [5.74, 6) is -2.93. The number of amides is 2. The van der Waals surface area contributed by atoms with Gasteiger partial charge in [0.25, 0.3) is 0 Å². The summed E-state index contributed by atoms with van der Waals surface area (Å²) < 4.78 is 6.20. The second-order valence-electron chi connectivity index (χ2n) is 19.4. The predicted octanol–water partition coefficient (Wildman–Crippen LogP) is 4.46. The fourth-order valence-corrected chi connectivity index (χ4v) is 7.61. The first-order valence-electron chi connectivity index (χ1n) is 23.4. The number of unbranched alkanes of at least 4 members (excludes halogenated alkanes) is 1. The van der Waals surface area contributed by atoms with Gasteiger partial charge in [0.1, 0.15) is 0 Å². The van der Waals surface area contributed by atoms with Crippen LogP contribution in [0.2, 0.25) is 0 Å². The summed E-state index contributed by atoms with van der Waals surface area (Å²) in [5, 5.41) is 36.3. The predicted molar refractivity (Wildman–Crippen MR) is 252 cm³/mol. The van der Waals surface area contributed by atoms with E-state index in [-0.39, 0.29) is 48.8 Å². The number of benzene rings is 1. The Kier molecular flexibility index (Phi) is 28.0. The summed E-state index contributed by atoms with van der Waals surface area (Å²) in [6.07, 6.45) is 5.20. The van der Waals surface area contributed by atoms with Crippen LogP contribution < -0.4 is 0 Å². The molecular weight excluding hydrogens is 837 g/mol. The highest BCUT2D eigenvalue weighted by atomic mass is 16.5. The van der Waals surface area contributed by atoms with Crippen molar-refractivity contribution < 1.29 is 53.9 Å². The molecule has 0 radical (unpaired) electrons. The number of ether oxygens (including phenoxy) is 1. The number of carboxylic acid groups (broad SMARTS) is 4. The largest absolute Gasteiger partial charge is 0.480 e. The first-order valence-corrected chi connectivity index (χ1v) is 23.4. The minimum Gasteiger partial charge on any atom is -0.480 e. The van der Waals surface area contributed by atoms with Crippen LogP contribution in [0.15, 0.2) is 24.3 Å².